The fraction of sp³-hybridized carbons (Fsp3) is 0.118. The summed E-state index contributed by atoms with van der Waals surface area (Å²) in [7, 11) is 2.57. The van der Waals surface area contributed by atoms with Crippen molar-refractivity contribution in [3.63, 3.8) is 0 Å². The molecule has 0 spiro atoms. The molecule has 124 valence electrons. The van der Waals surface area contributed by atoms with Crippen molar-refractivity contribution >= 4 is 18.0 Å². The first-order chi connectivity index (χ1) is 11.4. The molecule has 24 heavy (non-hydrogen) atoms. The first-order valence-electron chi connectivity index (χ1n) is 6.75. The average molecular weight is 330 g/mol. The summed E-state index contributed by atoms with van der Waals surface area (Å²) in [5.41, 5.74) is -0.668. The maximum Gasteiger partial charge on any atom is 0.335 e. The van der Waals surface area contributed by atoms with Crippen LogP contribution in [0.2, 0.25) is 0 Å². The van der Waals surface area contributed by atoms with Crippen molar-refractivity contribution in [3.05, 3.63) is 52.6 Å². The Labute approximate surface area is 137 Å². The molecule has 0 radical (unpaired) electrons. The minimum absolute atomic E-state index is 0.0905. The Balaban J connectivity index is 2.74. The monoisotopic (exact) mass is 330 g/mol. The predicted molar refractivity (Wildman–Crippen MR) is 83.4 cm³/mol. The second-order valence-electron chi connectivity index (χ2n) is 4.75. The number of carboxylic acid groups (broad SMARTS) is 1. The van der Waals surface area contributed by atoms with Crippen molar-refractivity contribution in [1.29, 1.82) is 0 Å². The van der Waals surface area contributed by atoms with Crippen molar-refractivity contribution in [2.45, 2.75) is 0 Å². The normalized spacial score (nSPS) is 10.1. The van der Waals surface area contributed by atoms with Gasteiger partial charge in [-0.1, -0.05) is 6.07 Å². The lowest BCUT2D eigenvalue weighted by molar-refractivity contribution is 0.0696. The summed E-state index contributed by atoms with van der Waals surface area (Å²) in [6.07, 6.45) is 0.356. The minimum Gasteiger partial charge on any atom is -0.507 e. The maximum atomic E-state index is 12.9. The van der Waals surface area contributed by atoms with Crippen LogP contribution in [0.4, 0.5) is 0 Å². The zero-order chi connectivity index (χ0) is 17.9. The van der Waals surface area contributed by atoms with Crippen LogP contribution in [-0.4, -0.2) is 42.5 Å². The van der Waals surface area contributed by atoms with Gasteiger partial charge in [0, 0.05) is 5.56 Å². The summed E-state index contributed by atoms with van der Waals surface area (Å²) >= 11 is 0. The average Bonchev–Trinajstić information content (AvgIpc) is 2.59. The van der Waals surface area contributed by atoms with Crippen LogP contribution >= 0.6 is 0 Å². The van der Waals surface area contributed by atoms with E-state index < -0.39 is 11.8 Å². The number of ether oxygens (including phenoxy) is 2. The molecule has 0 aromatic heterocycles. The Morgan fingerprint density at radius 3 is 2.25 bits per heavy atom. The number of carbonyl (C=O) groups excluding carboxylic acids is 2. The molecular weight excluding hydrogens is 316 g/mol. The molecule has 2 aromatic rings. The molecule has 0 atom stereocenters. The van der Waals surface area contributed by atoms with Crippen LogP contribution in [-0.2, 0) is 0 Å². The highest BCUT2D eigenvalue weighted by atomic mass is 16.5. The van der Waals surface area contributed by atoms with Crippen LogP contribution in [0.25, 0.3) is 0 Å². The van der Waals surface area contributed by atoms with E-state index in [2.05, 4.69) is 0 Å². The number of benzene rings is 2. The van der Waals surface area contributed by atoms with Gasteiger partial charge in [0.1, 0.15) is 22.8 Å². The molecule has 0 aliphatic heterocycles. The Hall–Kier alpha value is -3.35. The van der Waals surface area contributed by atoms with Crippen molar-refractivity contribution in [1.82, 2.24) is 0 Å². The van der Waals surface area contributed by atoms with Gasteiger partial charge in [-0.2, -0.15) is 0 Å². The van der Waals surface area contributed by atoms with Crippen LogP contribution in [0, 0.1) is 0 Å². The zero-order valence-electron chi connectivity index (χ0n) is 12.9. The number of aromatic carboxylic acids is 1. The van der Waals surface area contributed by atoms with E-state index in [1.807, 2.05) is 0 Å². The Morgan fingerprint density at radius 1 is 1.04 bits per heavy atom. The molecule has 0 heterocycles. The Bertz CT molecular complexity index is 824. The van der Waals surface area contributed by atoms with Crippen molar-refractivity contribution in [3.8, 4) is 17.2 Å². The molecule has 7 nitrogen and oxygen atoms in total. The van der Waals surface area contributed by atoms with E-state index in [1.165, 1.54) is 32.4 Å². The Kier molecular flexibility index (Phi) is 4.84. The number of aromatic hydroxyl groups is 1. The van der Waals surface area contributed by atoms with Gasteiger partial charge in [-0.15, -0.1) is 0 Å². The van der Waals surface area contributed by atoms with Gasteiger partial charge in [0.05, 0.1) is 25.3 Å². The highest BCUT2D eigenvalue weighted by Crippen LogP contribution is 2.34. The third-order valence-electron chi connectivity index (χ3n) is 3.40. The maximum absolute atomic E-state index is 12.9. The number of ketones is 1. The number of carboxylic acids is 1. The SMILES string of the molecule is COc1cccc(O)c1C(=O)c1c(C=O)cc(C(=O)O)cc1OC. The van der Waals surface area contributed by atoms with Crippen LogP contribution in [0.15, 0.2) is 30.3 Å². The van der Waals surface area contributed by atoms with E-state index in [4.69, 9.17) is 14.6 Å². The topological polar surface area (TPSA) is 110 Å². The highest BCUT2D eigenvalue weighted by molar-refractivity contribution is 6.17. The standard InChI is InChI=1S/C17H14O7/c1-23-12-5-3-4-11(19)15(12)16(20)14-10(8-18)6-9(17(21)22)7-13(14)24-2/h3-8,19H,1-2H3,(H,21,22). The number of carbonyl (C=O) groups is 3. The molecule has 0 saturated carbocycles. The molecule has 0 bridgehead atoms. The summed E-state index contributed by atoms with van der Waals surface area (Å²) in [6, 6.07) is 6.48. The molecule has 0 aliphatic carbocycles. The third-order valence-corrected chi connectivity index (χ3v) is 3.40. The minimum atomic E-state index is -1.27. The number of phenolic OH excluding ortho intramolecular Hbond substituents is 1. The second kappa shape index (κ2) is 6.82. The van der Waals surface area contributed by atoms with Crippen molar-refractivity contribution in [2.24, 2.45) is 0 Å². The molecule has 0 saturated heterocycles. The van der Waals surface area contributed by atoms with E-state index in [9.17, 15) is 19.5 Å². The van der Waals surface area contributed by atoms with E-state index in [0.29, 0.717) is 6.29 Å². The second-order valence-corrected chi connectivity index (χ2v) is 4.75. The summed E-state index contributed by atoms with van der Waals surface area (Å²) in [6.45, 7) is 0. The first-order valence-corrected chi connectivity index (χ1v) is 6.75. The largest absolute Gasteiger partial charge is 0.507 e. The molecule has 0 unspecified atom stereocenters. The summed E-state index contributed by atoms with van der Waals surface area (Å²) in [5.74, 6) is -2.30. The summed E-state index contributed by atoms with van der Waals surface area (Å²) in [5, 5.41) is 19.1. The van der Waals surface area contributed by atoms with Crippen LogP contribution in [0.1, 0.15) is 36.6 Å². The quantitative estimate of drug-likeness (QED) is 0.617. The van der Waals surface area contributed by atoms with Gasteiger partial charge >= 0.3 is 5.97 Å². The molecule has 2 rings (SSSR count). The highest BCUT2D eigenvalue weighted by Gasteiger charge is 2.26. The van der Waals surface area contributed by atoms with Gasteiger partial charge in [-0.05, 0) is 24.3 Å². The lowest BCUT2D eigenvalue weighted by atomic mass is 9.94. The van der Waals surface area contributed by atoms with Crippen LogP contribution < -0.4 is 9.47 Å². The van der Waals surface area contributed by atoms with E-state index in [-0.39, 0.29) is 39.5 Å². The number of hydrogen-bond donors (Lipinski definition) is 2. The fourth-order valence-electron chi connectivity index (χ4n) is 2.30. The molecule has 2 aromatic carbocycles. The molecule has 0 amide bonds. The van der Waals surface area contributed by atoms with Gasteiger partial charge in [0.2, 0.25) is 5.78 Å². The van der Waals surface area contributed by atoms with Gasteiger partial charge in [-0.3, -0.25) is 9.59 Å². The fourth-order valence-corrected chi connectivity index (χ4v) is 2.30. The van der Waals surface area contributed by atoms with E-state index >= 15 is 0 Å². The van der Waals surface area contributed by atoms with Gasteiger partial charge in [-0.25, -0.2) is 4.79 Å². The molecular formula is C17H14O7. The van der Waals surface area contributed by atoms with Gasteiger partial charge < -0.3 is 19.7 Å². The zero-order valence-corrected chi connectivity index (χ0v) is 12.9. The molecule has 0 fully saturated rings. The molecule has 0 aliphatic rings. The Morgan fingerprint density at radius 2 is 1.71 bits per heavy atom. The van der Waals surface area contributed by atoms with Crippen molar-refractivity contribution < 1.29 is 34.1 Å². The van der Waals surface area contributed by atoms with Crippen LogP contribution in [0.5, 0.6) is 17.2 Å². The summed E-state index contributed by atoms with van der Waals surface area (Å²) in [4.78, 5) is 35.3. The molecule has 2 N–H and O–H groups in total. The lowest BCUT2D eigenvalue weighted by Crippen LogP contribution is -2.11. The third kappa shape index (κ3) is 2.91. The van der Waals surface area contributed by atoms with Crippen LogP contribution in [0.3, 0.4) is 0 Å². The number of phenols is 1. The van der Waals surface area contributed by atoms with Gasteiger partial charge in [0.25, 0.3) is 0 Å². The first kappa shape index (κ1) is 17.0. The smallest absolute Gasteiger partial charge is 0.335 e. The van der Waals surface area contributed by atoms with E-state index in [0.717, 1.165) is 12.1 Å². The number of methoxy groups -OCH3 is 2. The number of aldehydes is 1. The number of rotatable bonds is 6. The van der Waals surface area contributed by atoms with Crippen molar-refractivity contribution in [2.75, 3.05) is 14.2 Å². The predicted octanol–water partition coefficient (Wildman–Crippen LogP) is 2.15. The summed E-state index contributed by atoms with van der Waals surface area (Å²) < 4.78 is 10.1. The number of hydrogen-bond acceptors (Lipinski definition) is 6. The van der Waals surface area contributed by atoms with Gasteiger partial charge in [0.15, 0.2) is 6.29 Å². The van der Waals surface area contributed by atoms with E-state index in [1.54, 1.807) is 0 Å². The molecule has 7 heteroatoms. The lowest BCUT2D eigenvalue weighted by Gasteiger charge is -2.14.